The van der Waals surface area contributed by atoms with Gasteiger partial charge in [0, 0.05) is 12.0 Å². The summed E-state index contributed by atoms with van der Waals surface area (Å²) in [4.78, 5) is 37.2. The minimum Gasteiger partial charge on any atom is -0.508 e. The Kier molecular flexibility index (Phi) is 9.83. The van der Waals surface area contributed by atoms with Crippen molar-refractivity contribution in [3.8, 4) is 17.2 Å². The number of phenols is 3. The number of aromatic hydroxyl groups is 3. The number of aliphatic hydroxyl groups excluding tert-OH is 3. The van der Waals surface area contributed by atoms with Gasteiger partial charge in [0.15, 0.2) is 17.6 Å². The quantitative estimate of drug-likeness (QED) is 0.0860. The van der Waals surface area contributed by atoms with Gasteiger partial charge < -0.3 is 59.4 Å². The lowest BCUT2D eigenvalue weighted by Crippen LogP contribution is -2.61. The van der Waals surface area contributed by atoms with Gasteiger partial charge in [-0.05, 0) is 60.0 Å². The van der Waals surface area contributed by atoms with Crippen LogP contribution in [0.1, 0.15) is 22.3 Å². The third kappa shape index (κ3) is 7.24. The first-order chi connectivity index (χ1) is 22.3. The van der Waals surface area contributed by atoms with Crippen LogP contribution in [0, 0.1) is 11.8 Å². The van der Waals surface area contributed by atoms with E-state index >= 15 is 0 Å². The molecule has 1 saturated heterocycles. The van der Waals surface area contributed by atoms with Crippen molar-refractivity contribution in [1.29, 1.82) is 0 Å². The Hall–Kier alpha value is -4.93. The van der Waals surface area contributed by atoms with Gasteiger partial charge in [0.2, 0.25) is 12.6 Å². The maximum absolute atomic E-state index is 13.0. The highest BCUT2D eigenvalue weighted by atomic mass is 16.8. The number of benzene rings is 2. The summed E-state index contributed by atoms with van der Waals surface area (Å²) in [5, 5.41) is 70.7. The molecule has 5 rings (SSSR count). The molecule has 15 nitrogen and oxygen atoms in total. The molecular weight excluding hydrogens is 624 g/mol. The van der Waals surface area contributed by atoms with Crippen LogP contribution in [0.2, 0.25) is 0 Å². The second-order valence-corrected chi connectivity index (χ2v) is 11.1. The number of carboxylic acid groups (broad SMARTS) is 1. The Labute approximate surface area is 266 Å². The van der Waals surface area contributed by atoms with Crippen LogP contribution in [-0.2, 0) is 33.3 Å². The van der Waals surface area contributed by atoms with E-state index in [2.05, 4.69) is 6.58 Å². The molecule has 2 heterocycles. The smallest absolute Gasteiger partial charge is 0.338 e. The molecule has 0 amide bonds. The van der Waals surface area contributed by atoms with E-state index < -0.39 is 85.2 Å². The molecule has 0 radical (unpaired) electrons. The Morgan fingerprint density at radius 2 is 1.68 bits per heavy atom. The molecule has 2 fully saturated rings. The summed E-state index contributed by atoms with van der Waals surface area (Å²) in [5.74, 6) is -5.67. The average molecular weight is 657 g/mol. The van der Waals surface area contributed by atoms with E-state index in [0.717, 1.165) is 12.3 Å². The van der Waals surface area contributed by atoms with Gasteiger partial charge in [-0.15, -0.1) is 0 Å². The summed E-state index contributed by atoms with van der Waals surface area (Å²) >= 11 is 0. The largest absolute Gasteiger partial charge is 0.508 e. The molecular formula is C32H32O15. The Morgan fingerprint density at radius 3 is 2.36 bits per heavy atom. The highest BCUT2D eigenvalue weighted by molar-refractivity contribution is 5.90. The number of ether oxygens (including phenoxy) is 5. The number of carbonyl (C=O) groups is 3. The fourth-order valence-corrected chi connectivity index (χ4v) is 5.56. The van der Waals surface area contributed by atoms with Crippen LogP contribution in [0.4, 0.5) is 0 Å². The van der Waals surface area contributed by atoms with E-state index in [0.29, 0.717) is 5.56 Å². The Bertz CT molecular complexity index is 1580. The van der Waals surface area contributed by atoms with Crippen LogP contribution in [0.15, 0.2) is 72.5 Å². The van der Waals surface area contributed by atoms with Crippen LogP contribution in [-0.4, -0.2) is 103 Å². The molecule has 9 atom stereocenters. The summed E-state index contributed by atoms with van der Waals surface area (Å²) in [6, 6.07) is 8.83. The molecule has 7 N–H and O–H groups in total. The van der Waals surface area contributed by atoms with Gasteiger partial charge in [-0.2, -0.15) is 0 Å². The zero-order valence-corrected chi connectivity index (χ0v) is 24.5. The third-order valence-electron chi connectivity index (χ3n) is 8.10. The number of hydrogen-bond acceptors (Lipinski definition) is 14. The number of aliphatic carboxylic acids is 1. The van der Waals surface area contributed by atoms with Gasteiger partial charge in [-0.1, -0.05) is 12.6 Å². The van der Waals surface area contributed by atoms with E-state index in [9.17, 15) is 50.1 Å². The highest BCUT2D eigenvalue weighted by Gasteiger charge is 2.53. The molecule has 9 unspecified atom stereocenters. The van der Waals surface area contributed by atoms with Gasteiger partial charge in [0.05, 0.1) is 29.4 Å². The van der Waals surface area contributed by atoms with Crippen LogP contribution in [0.25, 0.3) is 6.08 Å². The van der Waals surface area contributed by atoms with Gasteiger partial charge >= 0.3 is 17.9 Å². The van der Waals surface area contributed by atoms with Crippen molar-refractivity contribution >= 4 is 24.0 Å². The van der Waals surface area contributed by atoms with Crippen molar-refractivity contribution in [1.82, 2.24) is 0 Å². The minimum atomic E-state index is -1.86. The SMILES string of the molecule is C=C1C(O)CC2C(C(=O)O)=COC(OC3OC(COC(=O)C=Cc4ccc(O)c(O)c4)C(O)C(O)C3OC(=O)c3ccc(O)cc3)C12. The van der Waals surface area contributed by atoms with E-state index in [1.54, 1.807) is 0 Å². The second-order valence-electron chi connectivity index (χ2n) is 11.1. The van der Waals surface area contributed by atoms with E-state index in [1.165, 1.54) is 48.5 Å². The molecule has 0 aromatic heterocycles. The average Bonchev–Trinajstić information content (AvgIpc) is 3.34. The number of carboxylic acids is 1. The predicted molar refractivity (Wildman–Crippen MR) is 156 cm³/mol. The molecule has 47 heavy (non-hydrogen) atoms. The standard InChI is InChI=1S/C32H32O15/c1-14-21(35)11-18-19(29(40)41)12-44-31(25(14)18)47-32-28(46-30(42)16-4-6-17(33)7-5-16)27(39)26(38)23(45-32)13-43-24(37)9-3-15-2-8-20(34)22(36)10-15/h2-10,12,18,21,23,25-28,31-36,38-39H,1,11,13H2,(H,40,41). The summed E-state index contributed by atoms with van der Waals surface area (Å²) in [5.41, 5.74) is 0.435. The highest BCUT2D eigenvalue weighted by Crippen LogP contribution is 2.46. The molecule has 3 aliphatic rings. The Balaban J connectivity index is 1.35. The second kappa shape index (κ2) is 13.8. The van der Waals surface area contributed by atoms with E-state index in [4.69, 9.17) is 23.7 Å². The van der Waals surface area contributed by atoms with Crippen molar-refractivity contribution < 1.29 is 73.8 Å². The third-order valence-corrected chi connectivity index (χ3v) is 8.10. The lowest BCUT2D eigenvalue weighted by molar-refractivity contribution is -0.338. The minimum absolute atomic E-state index is 0.0207. The first-order valence-electron chi connectivity index (χ1n) is 14.3. The van der Waals surface area contributed by atoms with Gasteiger partial charge in [-0.3, -0.25) is 0 Å². The molecule has 2 aromatic carbocycles. The van der Waals surface area contributed by atoms with Gasteiger partial charge in [0.25, 0.3) is 0 Å². The fourth-order valence-electron chi connectivity index (χ4n) is 5.56. The zero-order valence-electron chi connectivity index (χ0n) is 24.5. The summed E-state index contributed by atoms with van der Waals surface area (Å²) < 4.78 is 28.1. The molecule has 0 bridgehead atoms. The maximum Gasteiger partial charge on any atom is 0.338 e. The van der Waals surface area contributed by atoms with E-state index in [-0.39, 0.29) is 34.6 Å². The monoisotopic (exact) mass is 656 g/mol. The molecule has 15 heteroatoms. The van der Waals surface area contributed by atoms with Crippen LogP contribution < -0.4 is 0 Å². The normalized spacial score (nSPS) is 30.2. The number of rotatable bonds is 9. The van der Waals surface area contributed by atoms with Crippen molar-refractivity contribution in [2.24, 2.45) is 11.8 Å². The van der Waals surface area contributed by atoms with Crippen molar-refractivity contribution in [3.63, 3.8) is 0 Å². The van der Waals surface area contributed by atoms with Crippen LogP contribution in [0.5, 0.6) is 17.2 Å². The summed E-state index contributed by atoms with van der Waals surface area (Å²) in [7, 11) is 0. The number of phenolic OH excluding ortho intramolecular Hbond substituents is 3. The maximum atomic E-state index is 13.0. The summed E-state index contributed by atoms with van der Waals surface area (Å²) in [6.45, 7) is 3.24. The number of esters is 2. The zero-order chi connectivity index (χ0) is 34.0. The number of carbonyl (C=O) groups excluding carboxylic acids is 2. The molecule has 1 saturated carbocycles. The predicted octanol–water partition coefficient (Wildman–Crippen LogP) is 0.927. The van der Waals surface area contributed by atoms with Gasteiger partial charge in [-0.25, -0.2) is 14.4 Å². The number of hydrogen-bond donors (Lipinski definition) is 7. The Morgan fingerprint density at radius 1 is 0.957 bits per heavy atom. The van der Waals surface area contributed by atoms with E-state index in [1.807, 2.05) is 0 Å². The molecule has 250 valence electrons. The summed E-state index contributed by atoms with van der Waals surface area (Å²) in [6.07, 6.45) is -7.61. The van der Waals surface area contributed by atoms with Crippen molar-refractivity contribution in [3.05, 3.63) is 83.7 Å². The molecule has 1 aliphatic carbocycles. The topological polar surface area (TPSA) is 239 Å². The van der Waals surface area contributed by atoms with Crippen LogP contribution >= 0.6 is 0 Å². The van der Waals surface area contributed by atoms with Gasteiger partial charge in [0.1, 0.15) is 30.7 Å². The first kappa shape index (κ1) is 33.4. The number of fused-ring (bicyclic) bond motifs is 1. The lowest BCUT2D eigenvalue weighted by atomic mass is 9.85. The molecule has 0 spiro atoms. The number of aliphatic hydroxyl groups is 3. The molecule has 2 aromatic rings. The van der Waals surface area contributed by atoms with Crippen molar-refractivity contribution in [2.75, 3.05) is 6.61 Å². The van der Waals surface area contributed by atoms with Crippen LogP contribution in [0.3, 0.4) is 0 Å². The first-order valence-corrected chi connectivity index (χ1v) is 14.3. The molecule has 2 aliphatic heterocycles. The van der Waals surface area contributed by atoms with Crippen molar-refractivity contribution in [2.45, 2.75) is 49.5 Å². The fraction of sp³-hybridized carbons (Fsp3) is 0.344. The lowest BCUT2D eigenvalue weighted by Gasteiger charge is -2.43.